The van der Waals surface area contributed by atoms with Crippen molar-refractivity contribution in [3.05, 3.63) is 58.7 Å². The van der Waals surface area contributed by atoms with Crippen molar-refractivity contribution in [2.24, 2.45) is 0 Å². The predicted octanol–water partition coefficient (Wildman–Crippen LogP) is 3.00. The molecular formula is C23H22N2O6S. The number of anilines is 1. The van der Waals surface area contributed by atoms with E-state index in [0.717, 1.165) is 11.1 Å². The Hall–Kier alpha value is -3.72. The molecule has 1 atom stereocenters. The van der Waals surface area contributed by atoms with Crippen molar-refractivity contribution in [2.45, 2.75) is 26.9 Å². The molecule has 0 saturated carbocycles. The number of aryl methyl sites for hydroxylation is 1. The van der Waals surface area contributed by atoms with Gasteiger partial charge in [0.1, 0.15) is 5.57 Å². The van der Waals surface area contributed by atoms with Crippen LogP contribution in [0.3, 0.4) is 0 Å². The van der Waals surface area contributed by atoms with Gasteiger partial charge in [-0.25, -0.2) is 4.79 Å². The third-order valence-corrected chi connectivity index (χ3v) is 5.35. The number of ether oxygens (including phenoxy) is 2. The van der Waals surface area contributed by atoms with E-state index in [1.54, 1.807) is 18.2 Å². The SMILES string of the molecule is COc1cc(C=C2C(=O)NC(=S)N(c3cccc(C)c3C)C2=O)ccc1OC(C)C(=O)O. The van der Waals surface area contributed by atoms with Gasteiger partial charge in [-0.3, -0.25) is 19.8 Å². The number of rotatable bonds is 6. The first-order chi connectivity index (χ1) is 15.1. The van der Waals surface area contributed by atoms with Crippen LogP contribution in [0.2, 0.25) is 0 Å². The fraction of sp³-hybridized carbons (Fsp3) is 0.217. The van der Waals surface area contributed by atoms with Crippen LogP contribution in [-0.4, -0.2) is 41.2 Å². The minimum absolute atomic E-state index is 0.00911. The number of methoxy groups -OCH3 is 1. The van der Waals surface area contributed by atoms with Gasteiger partial charge >= 0.3 is 5.97 Å². The van der Waals surface area contributed by atoms with Gasteiger partial charge in [0.05, 0.1) is 12.8 Å². The first kappa shape index (κ1) is 23.0. The highest BCUT2D eigenvalue weighted by Crippen LogP contribution is 2.31. The Morgan fingerprint density at radius 2 is 1.91 bits per heavy atom. The Kier molecular flexibility index (Phi) is 6.59. The van der Waals surface area contributed by atoms with Crippen LogP contribution in [-0.2, 0) is 14.4 Å². The fourth-order valence-electron chi connectivity index (χ4n) is 3.13. The van der Waals surface area contributed by atoms with Crippen molar-refractivity contribution in [1.82, 2.24) is 5.32 Å². The van der Waals surface area contributed by atoms with Crippen LogP contribution in [0.4, 0.5) is 5.69 Å². The lowest BCUT2D eigenvalue weighted by molar-refractivity contribution is -0.144. The van der Waals surface area contributed by atoms with Crippen LogP contribution < -0.4 is 19.7 Å². The molecule has 0 radical (unpaired) electrons. The summed E-state index contributed by atoms with van der Waals surface area (Å²) in [6.45, 7) is 5.20. The van der Waals surface area contributed by atoms with E-state index in [1.165, 1.54) is 31.1 Å². The van der Waals surface area contributed by atoms with Gasteiger partial charge in [0.2, 0.25) is 0 Å². The van der Waals surface area contributed by atoms with Crippen LogP contribution in [0.5, 0.6) is 11.5 Å². The smallest absolute Gasteiger partial charge is 0.344 e. The van der Waals surface area contributed by atoms with Gasteiger partial charge < -0.3 is 14.6 Å². The van der Waals surface area contributed by atoms with Gasteiger partial charge in [-0.05, 0) is 74.0 Å². The molecule has 9 heteroatoms. The number of benzene rings is 2. The Morgan fingerprint density at radius 1 is 1.19 bits per heavy atom. The van der Waals surface area contributed by atoms with Gasteiger partial charge in [0, 0.05) is 0 Å². The van der Waals surface area contributed by atoms with E-state index < -0.39 is 23.9 Å². The summed E-state index contributed by atoms with van der Waals surface area (Å²) in [5, 5.41) is 11.6. The molecule has 1 fully saturated rings. The quantitative estimate of drug-likeness (QED) is 0.393. The number of carboxylic acids is 1. The number of nitrogens with zero attached hydrogens (tertiary/aromatic N) is 1. The number of hydrogen-bond donors (Lipinski definition) is 2. The summed E-state index contributed by atoms with van der Waals surface area (Å²) in [5.41, 5.74) is 2.83. The van der Waals surface area contributed by atoms with Crippen molar-refractivity contribution >= 4 is 46.9 Å². The zero-order chi connectivity index (χ0) is 23.6. The largest absolute Gasteiger partial charge is 0.493 e. The van der Waals surface area contributed by atoms with Gasteiger partial charge in [-0.2, -0.15) is 0 Å². The number of carboxylic acid groups (broad SMARTS) is 1. The molecular weight excluding hydrogens is 432 g/mol. The van der Waals surface area contributed by atoms with Gasteiger partial charge in [-0.15, -0.1) is 0 Å². The van der Waals surface area contributed by atoms with Gasteiger partial charge in [-0.1, -0.05) is 18.2 Å². The average molecular weight is 455 g/mol. The zero-order valence-electron chi connectivity index (χ0n) is 18.0. The van der Waals surface area contributed by atoms with E-state index in [-0.39, 0.29) is 22.2 Å². The lowest BCUT2D eigenvalue weighted by Crippen LogP contribution is -2.54. The number of carbonyl (C=O) groups is 3. The third kappa shape index (κ3) is 4.47. The Balaban J connectivity index is 1.99. The molecule has 2 amide bonds. The molecule has 0 aromatic heterocycles. The van der Waals surface area contributed by atoms with Crippen LogP contribution in [0.15, 0.2) is 42.0 Å². The third-order valence-electron chi connectivity index (χ3n) is 5.07. The normalized spacial score (nSPS) is 16.1. The van der Waals surface area contributed by atoms with E-state index in [4.69, 9.17) is 26.8 Å². The second kappa shape index (κ2) is 9.19. The molecule has 1 unspecified atom stereocenters. The second-order valence-electron chi connectivity index (χ2n) is 7.19. The molecule has 0 spiro atoms. The molecule has 32 heavy (non-hydrogen) atoms. The average Bonchev–Trinajstić information content (AvgIpc) is 2.74. The Morgan fingerprint density at radius 3 is 2.56 bits per heavy atom. The summed E-state index contributed by atoms with van der Waals surface area (Å²) in [6.07, 6.45) is 0.343. The molecule has 0 bridgehead atoms. The van der Waals surface area contributed by atoms with E-state index in [0.29, 0.717) is 11.3 Å². The topological polar surface area (TPSA) is 105 Å². The van der Waals surface area contributed by atoms with Crippen LogP contribution in [0, 0.1) is 13.8 Å². The number of amides is 2. The molecule has 2 N–H and O–H groups in total. The van der Waals surface area contributed by atoms with Crippen molar-refractivity contribution in [3.8, 4) is 11.5 Å². The maximum Gasteiger partial charge on any atom is 0.344 e. The molecule has 1 aliphatic rings. The van der Waals surface area contributed by atoms with Crippen molar-refractivity contribution in [3.63, 3.8) is 0 Å². The number of carbonyl (C=O) groups excluding carboxylic acids is 2. The van der Waals surface area contributed by atoms with Crippen LogP contribution >= 0.6 is 12.2 Å². The fourth-order valence-corrected chi connectivity index (χ4v) is 3.41. The molecule has 3 rings (SSSR count). The maximum absolute atomic E-state index is 13.2. The van der Waals surface area contributed by atoms with Crippen molar-refractivity contribution < 1.29 is 29.0 Å². The zero-order valence-corrected chi connectivity index (χ0v) is 18.8. The molecule has 8 nitrogen and oxygen atoms in total. The number of thiocarbonyl (C=S) groups is 1. The second-order valence-corrected chi connectivity index (χ2v) is 7.57. The van der Waals surface area contributed by atoms with Crippen LogP contribution in [0.25, 0.3) is 6.08 Å². The Bertz CT molecular complexity index is 1160. The summed E-state index contributed by atoms with van der Waals surface area (Å²) >= 11 is 5.26. The number of hydrogen-bond acceptors (Lipinski definition) is 6. The van der Waals surface area contributed by atoms with Gasteiger partial charge in [0.25, 0.3) is 11.8 Å². The number of aliphatic carboxylic acids is 1. The van der Waals surface area contributed by atoms with Crippen molar-refractivity contribution in [2.75, 3.05) is 12.0 Å². The first-order valence-electron chi connectivity index (χ1n) is 9.69. The molecule has 1 saturated heterocycles. The van der Waals surface area contributed by atoms with Crippen LogP contribution in [0.1, 0.15) is 23.6 Å². The summed E-state index contributed by atoms with van der Waals surface area (Å²) in [7, 11) is 1.41. The predicted molar refractivity (Wildman–Crippen MR) is 123 cm³/mol. The Labute approximate surface area is 190 Å². The maximum atomic E-state index is 13.2. The molecule has 166 valence electrons. The summed E-state index contributed by atoms with van der Waals surface area (Å²) < 4.78 is 10.7. The lowest BCUT2D eigenvalue weighted by atomic mass is 10.0. The molecule has 2 aromatic rings. The standard InChI is InChI=1S/C23H22N2O6S/c1-12-6-5-7-17(13(12)2)25-21(27)16(20(26)24-23(25)32)10-15-8-9-18(19(11-15)30-4)31-14(3)22(28)29/h5-11,14H,1-4H3,(H,28,29)(H,24,26,32). The van der Waals surface area contributed by atoms with E-state index in [2.05, 4.69) is 5.32 Å². The van der Waals surface area contributed by atoms with E-state index >= 15 is 0 Å². The number of nitrogens with one attached hydrogen (secondary N) is 1. The summed E-state index contributed by atoms with van der Waals surface area (Å²) in [4.78, 5) is 38.2. The highest BCUT2D eigenvalue weighted by molar-refractivity contribution is 7.80. The minimum atomic E-state index is -1.12. The summed E-state index contributed by atoms with van der Waals surface area (Å²) in [5.74, 6) is -1.79. The molecule has 1 heterocycles. The monoisotopic (exact) mass is 454 g/mol. The molecule has 2 aromatic carbocycles. The first-order valence-corrected chi connectivity index (χ1v) is 10.1. The van der Waals surface area contributed by atoms with E-state index in [9.17, 15) is 14.4 Å². The van der Waals surface area contributed by atoms with Crippen molar-refractivity contribution in [1.29, 1.82) is 0 Å². The lowest BCUT2D eigenvalue weighted by Gasteiger charge is -2.30. The highest BCUT2D eigenvalue weighted by Gasteiger charge is 2.35. The molecule has 1 aliphatic heterocycles. The molecule has 0 aliphatic carbocycles. The highest BCUT2D eigenvalue weighted by atomic mass is 32.1. The van der Waals surface area contributed by atoms with E-state index in [1.807, 2.05) is 26.0 Å². The summed E-state index contributed by atoms with van der Waals surface area (Å²) in [6, 6.07) is 10.2. The minimum Gasteiger partial charge on any atom is -0.493 e. The van der Waals surface area contributed by atoms with Gasteiger partial charge in [0.15, 0.2) is 22.7 Å².